The highest BCUT2D eigenvalue weighted by Gasteiger charge is 2.32. The maximum absolute atomic E-state index is 13.5. The molecule has 0 saturated carbocycles. The summed E-state index contributed by atoms with van der Waals surface area (Å²) in [5.41, 5.74) is 3.52. The van der Waals surface area contributed by atoms with E-state index >= 15 is 0 Å². The lowest BCUT2D eigenvalue weighted by molar-refractivity contribution is -0.136. The third-order valence-electron chi connectivity index (χ3n) is 5.45. The molecule has 0 amide bonds. The number of esters is 1. The molecule has 2 aromatic carbocycles. The number of hydrogen-bond acceptors (Lipinski definition) is 5. The van der Waals surface area contributed by atoms with Gasteiger partial charge in [-0.2, -0.15) is 0 Å². The maximum Gasteiger partial charge on any atom is 0.338 e. The number of methoxy groups -OCH3 is 1. The Kier molecular flexibility index (Phi) is 4.67. The third kappa shape index (κ3) is 3.14. The number of para-hydroxylation sites is 1. The monoisotopic (exact) mass is 429 g/mol. The molecule has 1 atom stereocenters. The van der Waals surface area contributed by atoms with Crippen LogP contribution in [-0.4, -0.2) is 22.6 Å². The SMILES string of the molecule is COC(=O)C1=C(C)N=c2sc(=Cc3c[nH]c4ccccc34)c(=O)n2C1c1ccccc1. The number of thiazole rings is 1. The molecule has 3 heterocycles. The number of hydrogen-bond donors (Lipinski definition) is 1. The molecule has 1 unspecified atom stereocenters. The van der Waals surface area contributed by atoms with E-state index in [9.17, 15) is 9.59 Å². The molecular weight excluding hydrogens is 410 g/mol. The van der Waals surface area contributed by atoms with Crippen molar-refractivity contribution in [3.8, 4) is 0 Å². The van der Waals surface area contributed by atoms with Gasteiger partial charge in [0.2, 0.25) is 0 Å². The molecule has 154 valence electrons. The van der Waals surface area contributed by atoms with Crippen LogP contribution in [-0.2, 0) is 9.53 Å². The molecule has 7 heteroatoms. The minimum atomic E-state index is -0.588. The van der Waals surface area contributed by atoms with E-state index in [1.54, 1.807) is 11.5 Å². The fourth-order valence-electron chi connectivity index (χ4n) is 4.00. The first-order chi connectivity index (χ1) is 15.1. The smallest absolute Gasteiger partial charge is 0.338 e. The Morgan fingerprint density at radius 3 is 2.68 bits per heavy atom. The van der Waals surface area contributed by atoms with Gasteiger partial charge in [-0.15, -0.1) is 0 Å². The molecule has 1 aliphatic rings. The lowest BCUT2D eigenvalue weighted by atomic mass is 9.96. The zero-order valence-electron chi connectivity index (χ0n) is 17.0. The minimum Gasteiger partial charge on any atom is -0.466 e. The first-order valence-corrected chi connectivity index (χ1v) is 10.6. The summed E-state index contributed by atoms with van der Waals surface area (Å²) in [4.78, 5) is 34.5. The number of carbonyl (C=O) groups is 1. The zero-order valence-corrected chi connectivity index (χ0v) is 17.8. The summed E-state index contributed by atoms with van der Waals surface area (Å²) in [6.45, 7) is 1.78. The number of nitrogens with zero attached hydrogens (tertiary/aromatic N) is 2. The Morgan fingerprint density at radius 1 is 1.16 bits per heavy atom. The maximum atomic E-state index is 13.5. The fourth-order valence-corrected chi connectivity index (χ4v) is 5.04. The highest BCUT2D eigenvalue weighted by Crippen LogP contribution is 2.30. The Balaban J connectivity index is 1.76. The van der Waals surface area contributed by atoms with E-state index in [0.717, 1.165) is 22.0 Å². The van der Waals surface area contributed by atoms with E-state index < -0.39 is 12.0 Å². The number of fused-ring (bicyclic) bond motifs is 2. The second-order valence-corrected chi connectivity index (χ2v) is 8.28. The van der Waals surface area contributed by atoms with Crippen molar-refractivity contribution in [2.24, 2.45) is 4.99 Å². The van der Waals surface area contributed by atoms with Gasteiger partial charge in [0, 0.05) is 22.7 Å². The molecule has 0 radical (unpaired) electrons. The molecule has 0 aliphatic carbocycles. The average Bonchev–Trinajstić information content (AvgIpc) is 3.34. The molecule has 0 spiro atoms. The van der Waals surface area contributed by atoms with Gasteiger partial charge in [0.25, 0.3) is 5.56 Å². The van der Waals surface area contributed by atoms with Gasteiger partial charge in [0.05, 0.1) is 29.0 Å². The first kappa shape index (κ1) is 19.3. The molecule has 0 saturated heterocycles. The van der Waals surface area contributed by atoms with Crippen molar-refractivity contribution >= 4 is 34.3 Å². The van der Waals surface area contributed by atoms with Crippen molar-refractivity contribution < 1.29 is 9.53 Å². The normalized spacial score (nSPS) is 16.3. The number of nitrogens with one attached hydrogen (secondary N) is 1. The van der Waals surface area contributed by atoms with Gasteiger partial charge in [-0.25, -0.2) is 9.79 Å². The number of aromatic nitrogens is 2. The average molecular weight is 430 g/mol. The first-order valence-electron chi connectivity index (χ1n) is 9.80. The van der Waals surface area contributed by atoms with Crippen LogP contribution in [0, 0.1) is 0 Å². The molecular formula is C24H19N3O3S. The summed E-state index contributed by atoms with van der Waals surface area (Å²) in [7, 11) is 1.34. The number of carbonyl (C=O) groups excluding carboxylic acids is 1. The number of rotatable bonds is 3. The van der Waals surface area contributed by atoms with Crippen molar-refractivity contribution in [3.05, 3.63) is 103 Å². The minimum absolute atomic E-state index is 0.184. The Bertz CT molecular complexity index is 1520. The van der Waals surface area contributed by atoms with E-state index in [1.807, 2.05) is 66.9 Å². The van der Waals surface area contributed by atoms with Gasteiger partial charge >= 0.3 is 5.97 Å². The van der Waals surface area contributed by atoms with Gasteiger partial charge in [-0.05, 0) is 24.6 Å². The summed E-state index contributed by atoms with van der Waals surface area (Å²) in [6.07, 6.45) is 3.77. The summed E-state index contributed by atoms with van der Waals surface area (Å²) in [5.74, 6) is -0.485. The van der Waals surface area contributed by atoms with E-state index in [0.29, 0.717) is 20.6 Å². The van der Waals surface area contributed by atoms with Crippen LogP contribution in [0.15, 0.2) is 81.9 Å². The second kappa shape index (κ2) is 7.52. The van der Waals surface area contributed by atoms with Crippen LogP contribution in [0.3, 0.4) is 0 Å². The van der Waals surface area contributed by atoms with Crippen LogP contribution >= 0.6 is 11.3 Å². The number of benzene rings is 2. The van der Waals surface area contributed by atoms with Gasteiger partial charge in [0.1, 0.15) is 0 Å². The Morgan fingerprint density at radius 2 is 1.90 bits per heavy atom. The summed E-state index contributed by atoms with van der Waals surface area (Å²) in [6, 6.07) is 16.9. The van der Waals surface area contributed by atoms with Gasteiger partial charge in [-0.1, -0.05) is 59.9 Å². The molecule has 4 aromatic rings. The predicted molar refractivity (Wildman–Crippen MR) is 121 cm³/mol. The standard InChI is InChI=1S/C24H19N3O3S/c1-14-20(23(29)30-2)21(15-8-4-3-5-9-15)27-22(28)19(31-24(27)26-14)12-16-13-25-18-11-7-6-10-17(16)18/h3-13,21,25H,1-2H3. The van der Waals surface area contributed by atoms with Gasteiger partial charge in [-0.3, -0.25) is 9.36 Å². The van der Waals surface area contributed by atoms with Gasteiger partial charge in [0.15, 0.2) is 4.80 Å². The van der Waals surface area contributed by atoms with Crippen molar-refractivity contribution in [1.29, 1.82) is 0 Å². The number of H-pyrrole nitrogens is 1. The lowest BCUT2D eigenvalue weighted by Gasteiger charge is -2.24. The molecule has 0 bridgehead atoms. The molecule has 5 rings (SSSR count). The summed E-state index contributed by atoms with van der Waals surface area (Å²) < 4.78 is 7.18. The van der Waals surface area contributed by atoms with Crippen molar-refractivity contribution in [2.45, 2.75) is 13.0 Å². The van der Waals surface area contributed by atoms with E-state index in [1.165, 1.54) is 18.4 Å². The van der Waals surface area contributed by atoms with Crippen LogP contribution in [0.1, 0.15) is 24.1 Å². The van der Waals surface area contributed by atoms with E-state index in [-0.39, 0.29) is 5.56 Å². The lowest BCUT2D eigenvalue weighted by Crippen LogP contribution is -2.39. The molecule has 1 aliphatic heterocycles. The summed E-state index contributed by atoms with van der Waals surface area (Å²) in [5, 5.41) is 1.04. The van der Waals surface area contributed by atoms with Crippen LogP contribution in [0.25, 0.3) is 17.0 Å². The van der Waals surface area contributed by atoms with Crippen molar-refractivity contribution in [2.75, 3.05) is 7.11 Å². The Labute approximate surface area is 181 Å². The predicted octanol–water partition coefficient (Wildman–Crippen LogP) is 2.89. The highest BCUT2D eigenvalue weighted by atomic mass is 32.1. The molecule has 31 heavy (non-hydrogen) atoms. The highest BCUT2D eigenvalue weighted by molar-refractivity contribution is 7.07. The fraction of sp³-hybridized carbons (Fsp3) is 0.125. The van der Waals surface area contributed by atoms with Crippen LogP contribution in [0.2, 0.25) is 0 Å². The quantitative estimate of drug-likeness (QED) is 0.509. The van der Waals surface area contributed by atoms with Crippen molar-refractivity contribution in [3.63, 3.8) is 0 Å². The van der Waals surface area contributed by atoms with Crippen LogP contribution < -0.4 is 14.9 Å². The van der Waals surface area contributed by atoms with E-state index in [4.69, 9.17) is 4.74 Å². The molecule has 1 N–H and O–H groups in total. The largest absolute Gasteiger partial charge is 0.466 e. The molecule has 0 fully saturated rings. The second-order valence-electron chi connectivity index (χ2n) is 7.27. The molecule has 6 nitrogen and oxygen atoms in total. The zero-order chi connectivity index (χ0) is 21.5. The van der Waals surface area contributed by atoms with E-state index in [2.05, 4.69) is 9.98 Å². The summed E-state index contributed by atoms with van der Waals surface area (Å²) >= 11 is 1.32. The third-order valence-corrected chi connectivity index (χ3v) is 6.43. The van der Waals surface area contributed by atoms with Crippen LogP contribution in [0.5, 0.6) is 0 Å². The number of ether oxygens (including phenoxy) is 1. The van der Waals surface area contributed by atoms with Crippen molar-refractivity contribution in [1.82, 2.24) is 9.55 Å². The molecule has 2 aromatic heterocycles. The topological polar surface area (TPSA) is 76.4 Å². The Hall–Kier alpha value is -3.71. The van der Waals surface area contributed by atoms with Gasteiger partial charge < -0.3 is 9.72 Å². The number of allylic oxidation sites excluding steroid dienone is 1. The number of aromatic amines is 1. The van der Waals surface area contributed by atoms with Crippen LogP contribution in [0.4, 0.5) is 0 Å².